The number of carbonyl (C=O) groups is 3. The van der Waals surface area contributed by atoms with Gasteiger partial charge in [0.2, 0.25) is 0 Å². The maximum Gasteiger partial charge on any atom is 0.307 e. The van der Waals surface area contributed by atoms with Crippen molar-refractivity contribution in [2.45, 2.75) is 32.8 Å². The lowest BCUT2D eigenvalue weighted by atomic mass is 10.2. The Morgan fingerprint density at radius 3 is 2.57 bits per heavy atom. The van der Waals surface area contributed by atoms with Gasteiger partial charge in [0.1, 0.15) is 5.78 Å². The van der Waals surface area contributed by atoms with Crippen molar-refractivity contribution in [1.29, 1.82) is 0 Å². The Morgan fingerprint density at radius 1 is 1.33 bits per heavy atom. The molecule has 0 aliphatic rings. The number of halogens is 2. The number of amides is 1. The second-order valence-corrected chi connectivity index (χ2v) is 5.15. The first-order valence-corrected chi connectivity index (χ1v) is 6.86. The lowest BCUT2D eigenvalue weighted by Crippen LogP contribution is -2.30. The molecule has 1 aromatic rings. The molecule has 0 aromatic carbocycles. The minimum atomic E-state index is -1.03. The number of hydrogen-bond acceptors (Lipinski definition) is 5. The molecule has 1 rings (SSSR count). The fourth-order valence-corrected chi connectivity index (χ4v) is 1.74. The van der Waals surface area contributed by atoms with Crippen molar-refractivity contribution in [3.63, 3.8) is 0 Å². The summed E-state index contributed by atoms with van der Waals surface area (Å²) in [5.41, 5.74) is 0. The largest absolute Gasteiger partial charge is 0.453 e. The number of esters is 1. The number of nitrogens with one attached hydrogen (secondary N) is 1. The number of Topliss-reactive ketones (excluding diaryl/α,β-unsaturated/α-hetero) is 1. The summed E-state index contributed by atoms with van der Waals surface area (Å²) in [6, 6.07) is 1.43. The lowest BCUT2D eigenvalue weighted by Gasteiger charge is -2.13. The van der Waals surface area contributed by atoms with Crippen LogP contribution in [0.4, 0.5) is 5.82 Å². The minimum Gasteiger partial charge on any atom is -0.453 e. The molecule has 6 nitrogen and oxygen atoms in total. The highest BCUT2D eigenvalue weighted by molar-refractivity contribution is 6.36. The fourth-order valence-electron chi connectivity index (χ4n) is 1.31. The number of ether oxygens (including phenoxy) is 1. The number of ketones is 1. The van der Waals surface area contributed by atoms with Crippen LogP contribution < -0.4 is 5.32 Å². The van der Waals surface area contributed by atoms with Crippen LogP contribution in [-0.4, -0.2) is 28.7 Å². The maximum atomic E-state index is 11.8. The van der Waals surface area contributed by atoms with E-state index in [0.717, 1.165) is 0 Å². The van der Waals surface area contributed by atoms with Crippen molar-refractivity contribution in [2.24, 2.45) is 0 Å². The van der Waals surface area contributed by atoms with Crippen molar-refractivity contribution in [3.8, 4) is 0 Å². The summed E-state index contributed by atoms with van der Waals surface area (Å²) in [7, 11) is 0. The van der Waals surface area contributed by atoms with Crippen molar-refractivity contribution < 1.29 is 19.1 Å². The molecule has 0 bridgehead atoms. The van der Waals surface area contributed by atoms with Crippen LogP contribution in [-0.2, 0) is 19.1 Å². The number of aromatic nitrogens is 1. The first-order valence-electron chi connectivity index (χ1n) is 6.10. The van der Waals surface area contributed by atoms with Gasteiger partial charge in [0, 0.05) is 12.6 Å². The third kappa shape index (κ3) is 6.10. The Kier molecular flexibility index (Phi) is 6.58. The number of pyridine rings is 1. The van der Waals surface area contributed by atoms with Crippen LogP contribution >= 0.6 is 23.2 Å². The van der Waals surface area contributed by atoms with Crippen LogP contribution in [0.25, 0.3) is 0 Å². The van der Waals surface area contributed by atoms with E-state index in [9.17, 15) is 14.4 Å². The molecule has 114 valence electrons. The van der Waals surface area contributed by atoms with Crippen molar-refractivity contribution in [3.05, 3.63) is 22.3 Å². The minimum absolute atomic E-state index is 0.0626. The van der Waals surface area contributed by atoms with Gasteiger partial charge in [0.25, 0.3) is 5.91 Å². The van der Waals surface area contributed by atoms with Crippen molar-refractivity contribution in [1.82, 2.24) is 4.98 Å². The summed E-state index contributed by atoms with van der Waals surface area (Å²) in [5, 5.41) is 2.93. The summed E-state index contributed by atoms with van der Waals surface area (Å²) in [6.45, 7) is 2.78. The second-order valence-electron chi connectivity index (χ2n) is 4.31. The van der Waals surface area contributed by atoms with E-state index in [1.807, 2.05) is 0 Å². The van der Waals surface area contributed by atoms with Gasteiger partial charge in [-0.05, 0) is 19.9 Å². The average molecular weight is 333 g/mol. The molecule has 0 spiro atoms. The van der Waals surface area contributed by atoms with Gasteiger partial charge in [-0.15, -0.1) is 0 Å². The number of nitrogens with zero attached hydrogens (tertiary/aromatic N) is 1. The van der Waals surface area contributed by atoms with Crippen LogP contribution in [0.1, 0.15) is 26.7 Å². The molecule has 1 heterocycles. The van der Waals surface area contributed by atoms with E-state index in [2.05, 4.69) is 10.3 Å². The SMILES string of the molecule is CC(=O)CCC(=O)O[C@H](C)C(=O)Nc1ncc(Cl)cc1Cl. The van der Waals surface area contributed by atoms with E-state index < -0.39 is 18.0 Å². The van der Waals surface area contributed by atoms with E-state index in [1.54, 1.807) is 0 Å². The molecule has 1 amide bonds. The van der Waals surface area contributed by atoms with Crippen molar-refractivity contribution in [2.75, 3.05) is 5.32 Å². The van der Waals surface area contributed by atoms with Gasteiger partial charge in [-0.3, -0.25) is 9.59 Å². The molecule has 0 saturated carbocycles. The van der Waals surface area contributed by atoms with E-state index in [4.69, 9.17) is 27.9 Å². The number of rotatable bonds is 6. The zero-order chi connectivity index (χ0) is 16.0. The Morgan fingerprint density at radius 2 is 2.00 bits per heavy atom. The highest BCUT2D eigenvalue weighted by Crippen LogP contribution is 2.22. The molecule has 1 aromatic heterocycles. The zero-order valence-corrected chi connectivity index (χ0v) is 13.0. The predicted molar refractivity (Wildman–Crippen MR) is 78.4 cm³/mol. The molecule has 0 fully saturated rings. The van der Waals surface area contributed by atoms with E-state index in [-0.39, 0.29) is 29.5 Å². The quantitative estimate of drug-likeness (QED) is 0.809. The molecule has 0 saturated heterocycles. The van der Waals surface area contributed by atoms with Gasteiger partial charge >= 0.3 is 5.97 Å². The second kappa shape index (κ2) is 7.95. The van der Waals surface area contributed by atoms with Gasteiger partial charge < -0.3 is 14.8 Å². The van der Waals surface area contributed by atoms with Gasteiger partial charge in [-0.1, -0.05) is 23.2 Å². The third-order valence-electron chi connectivity index (χ3n) is 2.41. The third-order valence-corrected chi connectivity index (χ3v) is 2.90. The highest BCUT2D eigenvalue weighted by atomic mass is 35.5. The van der Waals surface area contributed by atoms with Gasteiger partial charge in [0.15, 0.2) is 11.9 Å². The molecule has 0 aliphatic heterocycles. The Balaban J connectivity index is 2.54. The molecule has 1 atom stereocenters. The van der Waals surface area contributed by atoms with Crippen LogP contribution in [0, 0.1) is 0 Å². The topological polar surface area (TPSA) is 85.4 Å². The molecule has 1 N–H and O–H groups in total. The monoisotopic (exact) mass is 332 g/mol. The summed E-state index contributed by atoms with van der Waals surface area (Å²) in [5.74, 6) is -1.20. The van der Waals surface area contributed by atoms with E-state index in [1.165, 1.54) is 26.1 Å². The normalized spacial score (nSPS) is 11.6. The smallest absolute Gasteiger partial charge is 0.307 e. The van der Waals surface area contributed by atoms with Crippen LogP contribution in [0.5, 0.6) is 0 Å². The molecule has 8 heteroatoms. The maximum absolute atomic E-state index is 11.8. The van der Waals surface area contributed by atoms with Crippen molar-refractivity contribution >= 4 is 46.7 Å². The molecule has 0 aliphatic carbocycles. The molecule has 0 unspecified atom stereocenters. The molecular weight excluding hydrogens is 319 g/mol. The van der Waals surface area contributed by atoms with Crippen LogP contribution in [0.15, 0.2) is 12.3 Å². The predicted octanol–water partition coefficient (Wildman–Crippen LogP) is 2.63. The fraction of sp³-hybridized carbons (Fsp3) is 0.385. The van der Waals surface area contributed by atoms with E-state index in [0.29, 0.717) is 5.02 Å². The summed E-state index contributed by atoms with van der Waals surface area (Å²) in [4.78, 5) is 37.9. The van der Waals surface area contributed by atoms with Crippen LogP contribution in [0.3, 0.4) is 0 Å². The van der Waals surface area contributed by atoms with E-state index >= 15 is 0 Å². The Labute approximate surface area is 131 Å². The number of hydrogen-bond donors (Lipinski definition) is 1. The Hall–Kier alpha value is -1.66. The van der Waals surface area contributed by atoms with Gasteiger partial charge in [-0.25, -0.2) is 4.98 Å². The van der Waals surface area contributed by atoms with Gasteiger partial charge in [0.05, 0.1) is 16.5 Å². The highest BCUT2D eigenvalue weighted by Gasteiger charge is 2.19. The molecule has 0 radical (unpaired) electrons. The summed E-state index contributed by atoms with van der Waals surface area (Å²) >= 11 is 11.6. The standard InChI is InChI=1S/C13H14Cl2N2O4/c1-7(18)3-4-11(19)21-8(2)13(20)17-12-10(15)5-9(14)6-16-12/h5-6,8H,3-4H2,1-2H3,(H,16,17,20)/t8-/m1/s1. The molecular formula is C13H14Cl2N2O4. The average Bonchev–Trinajstić information content (AvgIpc) is 2.39. The first-order chi connectivity index (χ1) is 9.79. The number of carbonyl (C=O) groups excluding carboxylic acids is 3. The summed E-state index contributed by atoms with van der Waals surface area (Å²) in [6.07, 6.45) is 0.315. The van der Waals surface area contributed by atoms with Gasteiger partial charge in [-0.2, -0.15) is 0 Å². The van der Waals surface area contributed by atoms with Crippen LogP contribution in [0.2, 0.25) is 10.0 Å². The molecule has 21 heavy (non-hydrogen) atoms. The summed E-state index contributed by atoms with van der Waals surface area (Å²) < 4.78 is 4.90. The lowest BCUT2D eigenvalue weighted by molar-refractivity contribution is -0.153. The first kappa shape index (κ1) is 17.4. The zero-order valence-electron chi connectivity index (χ0n) is 11.5. The Bertz CT molecular complexity index is 563. The number of anilines is 1.